The highest BCUT2D eigenvalue weighted by molar-refractivity contribution is 5.76. The molecule has 0 aliphatic rings. The van der Waals surface area contributed by atoms with Gasteiger partial charge in [0, 0.05) is 6.54 Å². The third kappa shape index (κ3) is 11.5. The minimum Gasteiger partial charge on any atom is -0.460 e. The molecule has 160 valence electrons. The first-order valence-electron chi connectivity index (χ1n) is 11.2. The molecule has 0 spiro atoms. The Labute approximate surface area is 172 Å². The van der Waals surface area contributed by atoms with Gasteiger partial charge in [-0.2, -0.15) is 0 Å². The lowest BCUT2D eigenvalue weighted by molar-refractivity contribution is -0.148. The van der Waals surface area contributed by atoms with Crippen LogP contribution < -0.4 is 5.32 Å². The van der Waals surface area contributed by atoms with Crippen LogP contribution in [0.25, 0.3) is 0 Å². The number of esters is 1. The quantitative estimate of drug-likeness (QED) is 0.299. The summed E-state index contributed by atoms with van der Waals surface area (Å²) in [6.45, 7) is 6.94. The zero-order valence-electron chi connectivity index (χ0n) is 18.2. The van der Waals surface area contributed by atoms with Gasteiger partial charge < -0.3 is 15.2 Å². The van der Waals surface area contributed by atoms with Crippen LogP contribution in [-0.2, 0) is 16.1 Å². The Balaban J connectivity index is 2.20. The van der Waals surface area contributed by atoms with Gasteiger partial charge in [-0.15, -0.1) is 0 Å². The largest absolute Gasteiger partial charge is 0.460 e. The van der Waals surface area contributed by atoms with Crippen LogP contribution in [0, 0.1) is 5.92 Å². The summed E-state index contributed by atoms with van der Waals surface area (Å²) in [7, 11) is 0. The average molecular weight is 392 g/mol. The topological polar surface area (TPSA) is 58.6 Å². The van der Waals surface area contributed by atoms with Crippen LogP contribution in [0.3, 0.4) is 0 Å². The zero-order valence-corrected chi connectivity index (χ0v) is 18.2. The highest BCUT2D eigenvalue weighted by Crippen LogP contribution is 2.11. The number of rotatable bonds is 16. The van der Waals surface area contributed by atoms with E-state index >= 15 is 0 Å². The predicted octanol–water partition coefficient (Wildman–Crippen LogP) is 5.24. The molecule has 0 aromatic heterocycles. The van der Waals surface area contributed by atoms with E-state index in [9.17, 15) is 9.90 Å². The number of benzene rings is 1. The molecule has 0 heterocycles. The lowest BCUT2D eigenvalue weighted by Crippen LogP contribution is -2.45. The number of hydrogen-bond donors (Lipinski definition) is 2. The molecule has 0 aliphatic heterocycles. The molecule has 2 N–H and O–H groups in total. The van der Waals surface area contributed by atoms with Crippen molar-refractivity contribution in [1.29, 1.82) is 0 Å². The normalized spacial score (nSPS) is 13.5. The SMILES string of the molecule is CCCCCCCCCCC(O)CN[C@H](C(=O)OCc1ccccc1)C(C)C. The Morgan fingerprint density at radius 3 is 2.21 bits per heavy atom. The van der Waals surface area contributed by atoms with Crippen molar-refractivity contribution < 1.29 is 14.6 Å². The van der Waals surface area contributed by atoms with E-state index in [0.717, 1.165) is 18.4 Å². The third-order valence-corrected chi connectivity index (χ3v) is 5.11. The molecule has 1 unspecified atom stereocenters. The summed E-state index contributed by atoms with van der Waals surface area (Å²) in [5.41, 5.74) is 0.980. The molecule has 1 rings (SSSR count). The minimum atomic E-state index is -0.414. The van der Waals surface area contributed by atoms with Gasteiger partial charge >= 0.3 is 5.97 Å². The van der Waals surface area contributed by atoms with E-state index in [1.54, 1.807) is 0 Å². The van der Waals surface area contributed by atoms with Crippen molar-refractivity contribution in [2.45, 2.75) is 97.3 Å². The second-order valence-electron chi connectivity index (χ2n) is 8.14. The Bertz CT molecular complexity index is 504. The van der Waals surface area contributed by atoms with Gasteiger partial charge in [0.15, 0.2) is 0 Å². The van der Waals surface area contributed by atoms with E-state index in [4.69, 9.17) is 4.74 Å². The van der Waals surface area contributed by atoms with E-state index in [-0.39, 0.29) is 18.5 Å². The number of aliphatic hydroxyl groups excluding tert-OH is 1. The first-order valence-corrected chi connectivity index (χ1v) is 11.2. The molecule has 0 amide bonds. The summed E-state index contributed by atoms with van der Waals surface area (Å²) in [5.74, 6) is -0.142. The molecule has 0 fully saturated rings. The zero-order chi connectivity index (χ0) is 20.6. The fourth-order valence-electron chi connectivity index (χ4n) is 3.29. The van der Waals surface area contributed by atoms with Gasteiger partial charge in [0.05, 0.1) is 6.10 Å². The summed E-state index contributed by atoms with van der Waals surface area (Å²) in [4.78, 5) is 12.4. The fourth-order valence-corrected chi connectivity index (χ4v) is 3.29. The highest BCUT2D eigenvalue weighted by atomic mass is 16.5. The van der Waals surface area contributed by atoms with Crippen molar-refractivity contribution in [1.82, 2.24) is 5.32 Å². The number of unbranched alkanes of at least 4 members (excludes halogenated alkanes) is 7. The minimum absolute atomic E-state index is 0.110. The van der Waals surface area contributed by atoms with E-state index in [2.05, 4.69) is 12.2 Å². The molecule has 4 nitrogen and oxygen atoms in total. The molecule has 4 heteroatoms. The second kappa shape index (κ2) is 15.5. The molecule has 0 bridgehead atoms. The first-order chi connectivity index (χ1) is 13.5. The predicted molar refractivity (Wildman–Crippen MR) is 116 cm³/mol. The molecule has 1 aromatic carbocycles. The van der Waals surface area contributed by atoms with Crippen LogP contribution >= 0.6 is 0 Å². The lowest BCUT2D eigenvalue weighted by Gasteiger charge is -2.22. The molecule has 2 atom stereocenters. The van der Waals surface area contributed by atoms with Crippen LogP contribution in [0.4, 0.5) is 0 Å². The summed E-state index contributed by atoms with van der Waals surface area (Å²) in [6.07, 6.45) is 10.5. The number of aliphatic hydroxyl groups is 1. The summed E-state index contributed by atoms with van der Waals surface area (Å²) in [6, 6.07) is 9.30. The number of nitrogens with one attached hydrogen (secondary N) is 1. The van der Waals surface area contributed by atoms with Crippen molar-refractivity contribution in [2.75, 3.05) is 6.54 Å². The molecule has 0 saturated carbocycles. The lowest BCUT2D eigenvalue weighted by atomic mass is 10.0. The first kappa shape index (κ1) is 24.6. The molecule has 1 aromatic rings. The Hall–Kier alpha value is -1.39. The third-order valence-electron chi connectivity index (χ3n) is 5.11. The van der Waals surface area contributed by atoms with Gasteiger partial charge in [0.25, 0.3) is 0 Å². The monoisotopic (exact) mass is 391 g/mol. The van der Waals surface area contributed by atoms with Crippen molar-refractivity contribution in [3.63, 3.8) is 0 Å². The number of carbonyl (C=O) groups is 1. The van der Waals surface area contributed by atoms with Gasteiger partial charge in [-0.25, -0.2) is 0 Å². The maximum Gasteiger partial charge on any atom is 0.323 e. The Kier molecular flexibility index (Phi) is 13.7. The van der Waals surface area contributed by atoms with Crippen LogP contribution in [0.15, 0.2) is 30.3 Å². The summed E-state index contributed by atoms with van der Waals surface area (Å²) in [5, 5.41) is 13.4. The van der Waals surface area contributed by atoms with Crippen LogP contribution in [0.5, 0.6) is 0 Å². The molecular formula is C24H41NO3. The Morgan fingerprint density at radius 1 is 1.00 bits per heavy atom. The van der Waals surface area contributed by atoms with E-state index < -0.39 is 12.1 Å². The van der Waals surface area contributed by atoms with Crippen molar-refractivity contribution in [3.05, 3.63) is 35.9 Å². The van der Waals surface area contributed by atoms with Crippen molar-refractivity contribution >= 4 is 5.97 Å². The molecule has 28 heavy (non-hydrogen) atoms. The highest BCUT2D eigenvalue weighted by Gasteiger charge is 2.24. The van der Waals surface area contributed by atoms with Crippen LogP contribution in [0.1, 0.15) is 84.1 Å². The fraction of sp³-hybridized carbons (Fsp3) is 0.708. The van der Waals surface area contributed by atoms with Gasteiger partial charge in [-0.3, -0.25) is 4.79 Å². The van der Waals surface area contributed by atoms with Gasteiger partial charge in [0.2, 0.25) is 0 Å². The number of carbonyl (C=O) groups excluding carboxylic acids is 1. The molecule has 0 saturated heterocycles. The maximum atomic E-state index is 12.4. The number of ether oxygens (including phenoxy) is 1. The average Bonchev–Trinajstić information content (AvgIpc) is 2.69. The van der Waals surface area contributed by atoms with E-state index in [1.807, 2.05) is 44.2 Å². The smallest absolute Gasteiger partial charge is 0.323 e. The van der Waals surface area contributed by atoms with E-state index in [1.165, 1.54) is 44.9 Å². The van der Waals surface area contributed by atoms with Crippen LogP contribution in [0.2, 0.25) is 0 Å². The van der Waals surface area contributed by atoms with Gasteiger partial charge in [-0.05, 0) is 17.9 Å². The van der Waals surface area contributed by atoms with Gasteiger partial charge in [0.1, 0.15) is 12.6 Å². The molecule has 0 aliphatic carbocycles. The van der Waals surface area contributed by atoms with Gasteiger partial charge in [-0.1, -0.05) is 102 Å². The summed E-state index contributed by atoms with van der Waals surface area (Å²) < 4.78 is 5.45. The van der Waals surface area contributed by atoms with Crippen molar-refractivity contribution in [2.24, 2.45) is 5.92 Å². The Morgan fingerprint density at radius 2 is 1.61 bits per heavy atom. The standard InChI is InChI=1S/C24H41NO3/c1-4-5-6-7-8-9-10-14-17-22(26)18-25-23(20(2)3)24(27)28-19-21-15-12-11-13-16-21/h11-13,15-16,20,22-23,25-26H,4-10,14,17-19H2,1-3H3/t22?,23-/m0/s1. The van der Waals surface area contributed by atoms with E-state index in [0.29, 0.717) is 6.54 Å². The number of hydrogen-bond acceptors (Lipinski definition) is 4. The molecule has 0 radical (unpaired) electrons. The van der Waals surface area contributed by atoms with Crippen LogP contribution in [-0.4, -0.2) is 29.8 Å². The summed E-state index contributed by atoms with van der Waals surface area (Å²) >= 11 is 0. The van der Waals surface area contributed by atoms with Crippen molar-refractivity contribution in [3.8, 4) is 0 Å². The maximum absolute atomic E-state index is 12.4. The molecular weight excluding hydrogens is 350 g/mol. The second-order valence-corrected chi connectivity index (χ2v) is 8.14.